The average Bonchev–Trinajstić information content (AvgIpc) is 2.90. The number of benzene rings is 1. The van der Waals surface area contributed by atoms with Crippen molar-refractivity contribution in [1.29, 1.82) is 0 Å². The van der Waals surface area contributed by atoms with Gasteiger partial charge in [0.1, 0.15) is 0 Å². The number of carbonyl (C=O) groups is 1. The van der Waals surface area contributed by atoms with E-state index in [9.17, 15) is 4.79 Å². The average molecular weight is 161 g/mol. The van der Waals surface area contributed by atoms with E-state index in [1.54, 1.807) is 0 Å². The third-order valence-electron chi connectivity index (χ3n) is 2.02. The molecule has 1 heterocycles. The maximum absolute atomic E-state index is 11.5. The fourth-order valence-electron chi connectivity index (χ4n) is 1.19. The highest BCUT2D eigenvalue weighted by atomic mass is 16.1. The molecule has 1 aromatic carbocycles. The Morgan fingerprint density at radius 3 is 2.67 bits per heavy atom. The van der Waals surface area contributed by atoms with Crippen LogP contribution >= 0.6 is 0 Å². The molecule has 1 fully saturated rings. The van der Waals surface area contributed by atoms with E-state index in [-0.39, 0.29) is 5.78 Å². The van der Waals surface area contributed by atoms with Crippen molar-refractivity contribution in [3.8, 4) is 0 Å². The Balaban J connectivity index is 2.03. The second kappa shape index (κ2) is 3.07. The minimum atomic E-state index is 0.241. The fraction of sp³-hybridized carbons (Fsp3) is 0.300. The van der Waals surface area contributed by atoms with Crippen molar-refractivity contribution in [3.05, 3.63) is 35.9 Å². The fourth-order valence-corrected chi connectivity index (χ4v) is 1.19. The zero-order valence-corrected chi connectivity index (χ0v) is 6.79. The van der Waals surface area contributed by atoms with Crippen LogP contribution in [0.4, 0.5) is 0 Å². The number of Topliss-reactive ketones (excluding diaryl/α,β-unsaturated/α-hetero) is 1. The lowest BCUT2D eigenvalue weighted by atomic mass is 10.1. The number of rotatable bonds is 3. The van der Waals surface area contributed by atoms with Crippen LogP contribution in [0.5, 0.6) is 0 Å². The van der Waals surface area contributed by atoms with E-state index >= 15 is 0 Å². The van der Waals surface area contributed by atoms with Gasteiger partial charge in [0.25, 0.3) is 0 Å². The smallest absolute Gasteiger partial charge is 0.164 e. The number of carbonyl (C=O) groups excluding carboxylic acids is 1. The minimum absolute atomic E-state index is 0.241. The second-order valence-electron chi connectivity index (χ2n) is 3.10. The van der Waals surface area contributed by atoms with Crippen LogP contribution in [0.3, 0.4) is 0 Å². The van der Waals surface area contributed by atoms with Crippen LogP contribution in [0.2, 0.25) is 0 Å². The van der Waals surface area contributed by atoms with Gasteiger partial charge in [0.15, 0.2) is 5.78 Å². The summed E-state index contributed by atoms with van der Waals surface area (Å²) in [6.45, 7) is 0.999. The highest BCUT2D eigenvalue weighted by molar-refractivity contribution is 5.96. The van der Waals surface area contributed by atoms with Crippen molar-refractivity contribution < 1.29 is 4.79 Å². The summed E-state index contributed by atoms with van der Waals surface area (Å²) < 4.78 is 0. The lowest BCUT2D eigenvalue weighted by Crippen LogP contribution is -2.04. The molecule has 12 heavy (non-hydrogen) atoms. The van der Waals surface area contributed by atoms with Gasteiger partial charge in [0, 0.05) is 24.6 Å². The molecular weight excluding hydrogens is 150 g/mol. The molecule has 0 bridgehead atoms. The Labute approximate surface area is 71.6 Å². The Bertz CT molecular complexity index is 277. The molecular formula is C10H11NO. The third-order valence-corrected chi connectivity index (χ3v) is 2.02. The highest BCUT2D eigenvalue weighted by Gasteiger charge is 2.23. The molecule has 1 aliphatic heterocycles. The van der Waals surface area contributed by atoms with Gasteiger partial charge in [-0.05, 0) is 0 Å². The van der Waals surface area contributed by atoms with E-state index in [0.29, 0.717) is 12.5 Å². The van der Waals surface area contributed by atoms with Crippen molar-refractivity contribution in [3.63, 3.8) is 0 Å². The Morgan fingerprint density at radius 2 is 2.08 bits per heavy atom. The van der Waals surface area contributed by atoms with Crippen molar-refractivity contribution in [1.82, 2.24) is 5.32 Å². The van der Waals surface area contributed by atoms with Gasteiger partial charge in [-0.1, -0.05) is 30.3 Å². The standard InChI is InChI=1S/C10H11NO/c12-10(6-9-7-11-9)8-4-2-1-3-5-8/h1-5,9,11H,6-7H2/t9-/m0/s1. The number of hydrogen-bond acceptors (Lipinski definition) is 2. The largest absolute Gasteiger partial charge is 0.311 e. The normalized spacial score (nSPS) is 20.5. The second-order valence-corrected chi connectivity index (χ2v) is 3.10. The van der Waals surface area contributed by atoms with Crippen LogP contribution in [0.15, 0.2) is 30.3 Å². The van der Waals surface area contributed by atoms with Crippen LogP contribution in [0.25, 0.3) is 0 Å². The van der Waals surface area contributed by atoms with Crippen LogP contribution in [0.1, 0.15) is 16.8 Å². The van der Waals surface area contributed by atoms with Gasteiger partial charge < -0.3 is 5.32 Å². The molecule has 2 rings (SSSR count). The molecule has 1 atom stereocenters. The van der Waals surface area contributed by atoms with E-state index in [2.05, 4.69) is 5.32 Å². The lowest BCUT2D eigenvalue weighted by Gasteiger charge is -1.96. The summed E-state index contributed by atoms with van der Waals surface area (Å²) in [4.78, 5) is 11.5. The lowest BCUT2D eigenvalue weighted by molar-refractivity contribution is 0.0982. The molecule has 0 aromatic heterocycles. The van der Waals surface area contributed by atoms with Crippen molar-refractivity contribution in [2.45, 2.75) is 12.5 Å². The predicted octanol–water partition coefficient (Wildman–Crippen LogP) is 1.23. The molecule has 0 radical (unpaired) electrons. The zero-order chi connectivity index (χ0) is 8.39. The van der Waals surface area contributed by atoms with Gasteiger partial charge in [-0.3, -0.25) is 4.79 Å². The number of ketones is 1. The summed E-state index contributed by atoms with van der Waals surface area (Å²) in [5.74, 6) is 0.241. The van der Waals surface area contributed by atoms with Crippen LogP contribution in [-0.2, 0) is 0 Å². The summed E-state index contributed by atoms with van der Waals surface area (Å²) in [6, 6.07) is 9.89. The van der Waals surface area contributed by atoms with Gasteiger partial charge in [0.2, 0.25) is 0 Å². The van der Waals surface area contributed by atoms with Gasteiger partial charge in [-0.25, -0.2) is 0 Å². The van der Waals surface area contributed by atoms with Gasteiger partial charge in [0.05, 0.1) is 0 Å². The van der Waals surface area contributed by atoms with Crippen LogP contribution in [-0.4, -0.2) is 18.4 Å². The SMILES string of the molecule is O=C(C[C@H]1CN1)c1ccccc1. The van der Waals surface area contributed by atoms with Crippen LogP contribution in [0, 0.1) is 0 Å². The molecule has 0 spiro atoms. The summed E-state index contributed by atoms with van der Waals surface area (Å²) in [5.41, 5.74) is 0.825. The zero-order valence-electron chi connectivity index (χ0n) is 6.79. The minimum Gasteiger partial charge on any atom is -0.311 e. The van der Waals surface area contributed by atoms with Crippen molar-refractivity contribution in [2.75, 3.05) is 6.54 Å². The number of hydrogen-bond donors (Lipinski definition) is 1. The summed E-state index contributed by atoms with van der Waals surface area (Å²) in [7, 11) is 0. The topological polar surface area (TPSA) is 39.0 Å². The molecule has 0 unspecified atom stereocenters. The van der Waals surface area contributed by atoms with Crippen molar-refractivity contribution in [2.24, 2.45) is 0 Å². The molecule has 0 aliphatic carbocycles. The summed E-state index contributed by atoms with van der Waals surface area (Å²) in [6.07, 6.45) is 0.643. The third kappa shape index (κ3) is 1.71. The molecule has 2 heteroatoms. The van der Waals surface area contributed by atoms with E-state index < -0.39 is 0 Å². The first kappa shape index (κ1) is 7.50. The maximum atomic E-state index is 11.5. The first-order chi connectivity index (χ1) is 5.86. The van der Waals surface area contributed by atoms with E-state index in [1.807, 2.05) is 30.3 Å². The predicted molar refractivity (Wildman–Crippen MR) is 47.2 cm³/mol. The maximum Gasteiger partial charge on any atom is 0.164 e. The first-order valence-electron chi connectivity index (χ1n) is 4.18. The summed E-state index contributed by atoms with van der Waals surface area (Å²) in [5, 5.41) is 3.11. The quantitative estimate of drug-likeness (QED) is 0.535. The van der Waals surface area contributed by atoms with Gasteiger partial charge in [-0.2, -0.15) is 0 Å². The molecule has 62 valence electrons. The Morgan fingerprint density at radius 1 is 1.42 bits per heavy atom. The molecule has 1 aromatic rings. The van der Waals surface area contributed by atoms with E-state index in [4.69, 9.17) is 0 Å². The monoisotopic (exact) mass is 161 g/mol. The van der Waals surface area contributed by atoms with E-state index in [1.165, 1.54) is 0 Å². The molecule has 1 saturated heterocycles. The number of nitrogens with one attached hydrogen (secondary N) is 1. The molecule has 1 aliphatic rings. The molecule has 0 amide bonds. The van der Waals surface area contributed by atoms with E-state index in [0.717, 1.165) is 12.1 Å². The van der Waals surface area contributed by atoms with Gasteiger partial charge in [-0.15, -0.1) is 0 Å². The molecule has 2 nitrogen and oxygen atoms in total. The van der Waals surface area contributed by atoms with Crippen molar-refractivity contribution >= 4 is 5.78 Å². The van der Waals surface area contributed by atoms with Crippen LogP contribution < -0.4 is 5.32 Å². The summed E-state index contributed by atoms with van der Waals surface area (Å²) >= 11 is 0. The van der Waals surface area contributed by atoms with Gasteiger partial charge >= 0.3 is 0 Å². The Hall–Kier alpha value is -1.15. The highest BCUT2D eigenvalue weighted by Crippen LogP contribution is 2.09. The Kier molecular flexibility index (Phi) is 1.92. The molecule has 1 N–H and O–H groups in total. The molecule has 0 saturated carbocycles. The first-order valence-corrected chi connectivity index (χ1v) is 4.18.